The van der Waals surface area contributed by atoms with E-state index in [1.807, 2.05) is 16.8 Å². The molecule has 0 spiro atoms. The van der Waals surface area contributed by atoms with E-state index < -0.39 is 5.60 Å². The monoisotopic (exact) mass is 277 g/mol. The van der Waals surface area contributed by atoms with Gasteiger partial charge in [-0.15, -0.1) is 0 Å². The van der Waals surface area contributed by atoms with E-state index >= 15 is 0 Å². The Labute approximate surface area is 114 Å². The molecule has 0 amide bonds. The first-order valence-electron chi connectivity index (χ1n) is 6.53. The number of aromatic nitrogens is 2. The lowest BCUT2D eigenvalue weighted by Crippen LogP contribution is -2.62. The summed E-state index contributed by atoms with van der Waals surface area (Å²) in [6.07, 6.45) is 2.35. The Morgan fingerprint density at radius 1 is 1.47 bits per heavy atom. The highest BCUT2D eigenvalue weighted by Crippen LogP contribution is 2.44. The van der Waals surface area contributed by atoms with Crippen LogP contribution in [0.1, 0.15) is 18.7 Å². The first-order valence-corrected chi connectivity index (χ1v) is 7.47. The summed E-state index contributed by atoms with van der Waals surface area (Å²) >= 11 is 1.61. The molecule has 6 heteroatoms. The van der Waals surface area contributed by atoms with Gasteiger partial charge in [-0.1, -0.05) is 5.16 Å². The molecule has 1 aliphatic carbocycles. The normalized spacial score (nSPS) is 22.4. The first-order chi connectivity index (χ1) is 9.23. The molecule has 0 atom stereocenters. The Hall–Kier alpha value is -1.24. The first kappa shape index (κ1) is 11.6. The fourth-order valence-corrected chi connectivity index (χ4v) is 3.37. The molecule has 1 saturated carbocycles. The predicted molar refractivity (Wildman–Crippen MR) is 70.6 cm³/mol. The molecule has 0 bridgehead atoms. The zero-order valence-electron chi connectivity index (χ0n) is 10.5. The van der Waals surface area contributed by atoms with Gasteiger partial charge in [0.25, 0.3) is 5.89 Å². The average molecular weight is 277 g/mol. The Bertz CT molecular complexity index is 570. The third kappa shape index (κ3) is 2.09. The average Bonchev–Trinajstić information content (AvgIpc) is 2.89. The van der Waals surface area contributed by atoms with Crippen LogP contribution in [0.25, 0.3) is 11.5 Å². The lowest BCUT2D eigenvalue weighted by atomic mass is 9.89. The Balaban J connectivity index is 1.39. The third-order valence-electron chi connectivity index (χ3n) is 3.93. The van der Waals surface area contributed by atoms with E-state index in [4.69, 9.17) is 4.52 Å². The summed E-state index contributed by atoms with van der Waals surface area (Å²) in [5.74, 6) is 1.80. The van der Waals surface area contributed by atoms with Crippen LogP contribution in [-0.4, -0.2) is 38.8 Å². The topological polar surface area (TPSA) is 62.4 Å². The number of hydrogen-bond acceptors (Lipinski definition) is 6. The van der Waals surface area contributed by atoms with E-state index in [1.54, 1.807) is 11.3 Å². The maximum atomic E-state index is 10.2. The van der Waals surface area contributed by atoms with E-state index in [2.05, 4.69) is 15.0 Å². The minimum absolute atomic E-state index is 0.445. The standard InChI is InChI=1S/C13H15N3O2S/c17-13(10-1-2-10)7-16(8-13)5-11-14-12(18-15-11)9-3-4-19-6-9/h3-4,6,10,17H,1-2,5,7-8H2. The van der Waals surface area contributed by atoms with Crippen molar-refractivity contribution in [1.29, 1.82) is 0 Å². The molecule has 3 heterocycles. The minimum Gasteiger partial charge on any atom is -0.387 e. The quantitative estimate of drug-likeness (QED) is 0.922. The Morgan fingerprint density at radius 2 is 2.32 bits per heavy atom. The van der Waals surface area contributed by atoms with Crippen LogP contribution in [0, 0.1) is 5.92 Å². The van der Waals surface area contributed by atoms with Crippen LogP contribution in [0.3, 0.4) is 0 Å². The summed E-state index contributed by atoms with van der Waals surface area (Å²) in [6, 6.07) is 1.97. The van der Waals surface area contributed by atoms with Gasteiger partial charge in [0.15, 0.2) is 5.82 Å². The van der Waals surface area contributed by atoms with Crippen LogP contribution in [0.4, 0.5) is 0 Å². The van der Waals surface area contributed by atoms with Crippen molar-refractivity contribution in [1.82, 2.24) is 15.0 Å². The van der Waals surface area contributed by atoms with Crippen molar-refractivity contribution >= 4 is 11.3 Å². The molecule has 1 N–H and O–H groups in total. The number of thiophene rings is 1. The molecule has 0 aromatic carbocycles. The van der Waals surface area contributed by atoms with E-state index in [9.17, 15) is 5.11 Å². The molecule has 5 nitrogen and oxygen atoms in total. The van der Waals surface area contributed by atoms with Crippen LogP contribution in [0.5, 0.6) is 0 Å². The van der Waals surface area contributed by atoms with Crippen molar-refractivity contribution in [3.8, 4) is 11.5 Å². The van der Waals surface area contributed by atoms with Gasteiger partial charge in [-0.2, -0.15) is 16.3 Å². The van der Waals surface area contributed by atoms with Crippen LogP contribution in [0.15, 0.2) is 21.3 Å². The smallest absolute Gasteiger partial charge is 0.258 e. The molecule has 1 saturated heterocycles. The van der Waals surface area contributed by atoms with Crippen molar-refractivity contribution in [2.45, 2.75) is 25.0 Å². The van der Waals surface area contributed by atoms with Gasteiger partial charge in [-0.3, -0.25) is 4.90 Å². The van der Waals surface area contributed by atoms with Gasteiger partial charge in [0.1, 0.15) is 0 Å². The number of β-amino-alcohol motifs (C(OH)–C–C–N with tert-alkyl or cyclic N) is 1. The molecule has 4 rings (SSSR count). The number of rotatable bonds is 4. The van der Waals surface area contributed by atoms with Gasteiger partial charge in [0.05, 0.1) is 17.7 Å². The van der Waals surface area contributed by atoms with Crippen LogP contribution in [0.2, 0.25) is 0 Å². The van der Waals surface area contributed by atoms with Crippen molar-refractivity contribution < 1.29 is 9.63 Å². The summed E-state index contributed by atoms with van der Waals surface area (Å²) in [5, 5.41) is 18.2. The minimum atomic E-state index is -0.445. The molecular formula is C13H15N3O2S. The largest absolute Gasteiger partial charge is 0.387 e. The second-order valence-electron chi connectivity index (χ2n) is 5.55. The SMILES string of the molecule is OC1(C2CC2)CN(Cc2noc(-c3ccsc3)n2)C1. The van der Waals surface area contributed by atoms with E-state index in [0.29, 0.717) is 24.2 Å². The number of likely N-dealkylation sites (tertiary alicyclic amines) is 1. The fraction of sp³-hybridized carbons (Fsp3) is 0.538. The van der Waals surface area contributed by atoms with Gasteiger partial charge >= 0.3 is 0 Å². The zero-order chi connectivity index (χ0) is 12.9. The lowest BCUT2D eigenvalue weighted by molar-refractivity contribution is -0.117. The summed E-state index contributed by atoms with van der Waals surface area (Å²) in [7, 11) is 0. The van der Waals surface area contributed by atoms with Crippen LogP contribution >= 0.6 is 11.3 Å². The number of aliphatic hydroxyl groups is 1. The molecule has 100 valence electrons. The van der Waals surface area contributed by atoms with E-state index in [0.717, 1.165) is 18.7 Å². The summed E-state index contributed by atoms with van der Waals surface area (Å²) in [6.45, 7) is 2.13. The molecule has 19 heavy (non-hydrogen) atoms. The molecular weight excluding hydrogens is 262 g/mol. The highest BCUT2D eigenvalue weighted by atomic mass is 32.1. The summed E-state index contributed by atoms with van der Waals surface area (Å²) in [5.41, 5.74) is 0.529. The number of hydrogen-bond donors (Lipinski definition) is 1. The second kappa shape index (κ2) is 4.13. The number of nitrogens with zero attached hydrogens (tertiary/aromatic N) is 3. The Kier molecular flexibility index (Phi) is 2.51. The van der Waals surface area contributed by atoms with Crippen molar-refractivity contribution in [2.24, 2.45) is 5.92 Å². The molecule has 2 fully saturated rings. The van der Waals surface area contributed by atoms with Gasteiger partial charge in [-0.05, 0) is 30.2 Å². The molecule has 2 aromatic heterocycles. The molecule has 0 radical (unpaired) electrons. The fourth-order valence-electron chi connectivity index (χ4n) is 2.74. The van der Waals surface area contributed by atoms with Crippen molar-refractivity contribution in [3.05, 3.63) is 22.7 Å². The molecule has 2 aromatic rings. The van der Waals surface area contributed by atoms with E-state index in [-0.39, 0.29) is 0 Å². The molecule has 0 unspecified atom stereocenters. The predicted octanol–water partition coefficient (Wildman–Crippen LogP) is 1.75. The van der Waals surface area contributed by atoms with Crippen molar-refractivity contribution in [2.75, 3.05) is 13.1 Å². The summed E-state index contributed by atoms with van der Waals surface area (Å²) < 4.78 is 5.25. The van der Waals surface area contributed by atoms with Gasteiger partial charge < -0.3 is 9.63 Å². The maximum absolute atomic E-state index is 10.2. The zero-order valence-corrected chi connectivity index (χ0v) is 11.3. The second-order valence-corrected chi connectivity index (χ2v) is 6.33. The third-order valence-corrected chi connectivity index (χ3v) is 4.62. The Morgan fingerprint density at radius 3 is 3.00 bits per heavy atom. The molecule has 1 aliphatic heterocycles. The van der Waals surface area contributed by atoms with Gasteiger partial charge in [0, 0.05) is 18.5 Å². The lowest BCUT2D eigenvalue weighted by Gasteiger charge is -2.46. The highest BCUT2D eigenvalue weighted by Gasteiger charge is 2.51. The van der Waals surface area contributed by atoms with Gasteiger partial charge in [0.2, 0.25) is 0 Å². The van der Waals surface area contributed by atoms with Crippen LogP contribution in [-0.2, 0) is 6.54 Å². The van der Waals surface area contributed by atoms with Gasteiger partial charge in [-0.25, -0.2) is 0 Å². The van der Waals surface area contributed by atoms with E-state index in [1.165, 1.54) is 12.8 Å². The molecule has 2 aliphatic rings. The van der Waals surface area contributed by atoms with Crippen LogP contribution < -0.4 is 0 Å². The highest BCUT2D eigenvalue weighted by molar-refractivity contribution is 7.08. The maximum Gasteiger partial charge on any atom is 0.258 e. The van der Waals surface area contributed by atoms with Crippen molar-refractivity contribution in [3.63, 3.8) is 0 Å². The summed E-state index contributed by atoms with van der Waals surface area (Å²) in [4.78, 5) is 6.56.